The van der Waals surface area contributed by atoms with Crippen LogP contribution in [0.1, 0.15) is 49.5 Å². The van der Waals surface area contributed by atoms with Crippen molar-refractivity contribution >= 4 is 34.5 Å². The summed E-state index contributed by atoms with van der Waals surface area (Å²) in [6, 6.07) is -1.28. The number of anilines is 2. The standard InChI is InChI=1S/C13H20N6O6S.C13H20N6O3/c1-16-4-6-17(7-5-16)12-15-14-11(24-12)10-3-2-9-8-18(10)13(20)19(9)25-26(21,22)23;1-16-4-6-17(7-5-16)12-15-14-11(22-12)10-3-2-9-8-18(10)13(20)19(9)21/h9-10H,2-8H2,1H3,(H,21,22,23);9-10,21H,2-8H2,1H3/t2*9-,10+/m11/s1. The highest BCUT2D eigenvalue weighted by molar-refractivity contribution is 7.80. The average molecular weight is 697 g/mol. The van der Waals surface area contributed by atoms with Crippen molar-refractivity contribution in [2.75, 3.05) is 89.3 Å². The number of likely N-dealkylation sites (N-methyl/N-ethyl adjacent to an activating group) is 2. The number of fused-ring (bicyclic) bond motifs is 4. The summed E-state index contributed by atoms with van der Waals surface area (Å²) in [5, 5.41) is 27.7. The van der Waals surface area contributed by atoms with Gasteiger partial charge < -0.3 is 38.2 Å². The first-order valence-corrected chi connectivity index (χ1v) is 17.4. The van der Waals surface area contributed by atoms with Gasteiger partial charge in [0, 0.05) is 65.4 Å². The molecule has 4 bridgehead atoms. The van der Waals surface area contributed by atoms with E-state index >= 15 is 0 Å². The van der Waals surface area contributed by atoms with E-state index in [0.717, 1.165) is 70.3 Å². The molecule has 8 heterocycles. The molecule has 4 atom stereocenters. The summed E-state index contributed by atoms with van der Waals surface area (Å²) in [7, 11) is -0.618. The molecule has 4 amide bonds. The van der Waals surface area contributed by atoms with E-state index in [9.17, 15) is 23.2 Å². The number of piperidine rings is 2. The van der Waals surface area contributed by atoms with Crippen molar-refractivity contribution in [2.45, 2.75) is 49.9 Å². The van der Waals surface area contributed by atoms with Crippen LogP contribution in [0.25, 0.3) is 0 Å². The van der Waals surface area contributed by atoms with Crippen LogP contribution in [-0.4, -0.2) is 172 Å². The number of piperazine rings is 2. The van der Waals surface area contributed by atoms with Crippen LogP contribution in [-0.2, 0) is 14.7 Å². The summed E-state index contributed by atoms with van der Waals surface area (Å²) < 4.78 is 46.8. The summed E-state index contributed by atoms with van der Waals surface area (Å²) >= 11 is 0. The molecule has 0 aromatic carbocycles. The third-order valence-corrected chi connectivity index (χ3v) is 10.2. The zero-order valence-corrected chi connectivity index (χ0v) is 27.6. The third kappa shape index (κ3) is 6.46. The lowest BCUT2D eigenvalue weighted by Gasteiger charge is -2.31. The highest BCUT2D eigenvalue weighted by atomic mass is 32.3. The van der Waals surface area contributed by atoms with Crippen LogP contribution in [0.5, 0.6) is 0 Å². The van der Waals surface area contributed by atoms with Gasteiger partial charge in [0.1, 0.15) is 12.1 Å². The second kappa shape index (κ2) is 12.9. The molecule has 8 rings (SSSR count). The number of amides is 4. The molecule has 0 aliphatic carbocycles. The number of aromatic nitrogens is 4. The van der Waals surface area contributed by atoms with Crippen molar-refractivity contribution < 1.29 is 40.9 Å². The molecule has 6 aliphatic heterocycles. The fourth-order valence-corrected chi connectivity index (χ4v) is 7.36. The largest absolute Gasteiger partial charge is 0.418 e. The fraction of sp³-hybridized carbons (Fsp3) is 0.769. The maximum absolute atomic E-state index is 12.4. The lowest BCUT2D eigenvalue weighted by Crippen LogP contribution is -2.44. The summed E-state index contributed by atoms with van der Waals surface area (Å²) in [6.45, 7) is 7.80. The fourth-order valence-electron chi connectivity index (χ4n) is 6.97. The van der Waals surface area contributed by atoms with Crippen molar-refractivity contribution in [1.82, 2.24) is 50.1 Å². The normalized spacial score (nSPS) is 28.4. The van der Waals surface area contributed by atoms with E-state index in [1.165, 1.54) is 4.90 Å². The predicted octanol–water partition coefficient (Wildman–Crippen LogP) is -0.351. The zero-order chi connectivity index (χ0) is 33.7. The number of hydrogen-bond acceptors (Lipinski definition) is 16. The Morgan fingerprint density at radius 3 is 1.65 bits per heavy atom. The van der Waals surface area contributed by atoms with Crippen molar-refractivity contribution in [1.29, 1.82) is 0 Å². The van der Waals surface area contributed by atoms with Gasteiger partial charge in [0.05, 0.1) is 12.1 Å². The lowest BCUT2D eigenvalue weighted by atomic mass is 10.0. The average Bonchev–Trinajstić information content (AvgIpc) is 3.85. The van der Waals surface area contributed by atoms with Crippen molar-refractivity contribution in [3.05, 3.63) is 11.8 Å². The molecule has 0 spiro atoms. The van der Waals surface area contributed by atoms with Gasteiger partial charge in [-0.1, -0.05) is 10.2 Å². The Balaban J connectivity index is 0.000000154. The Kier molecular flexibility index (Phi) is 8.78. The summed E-state index contributed by atoms with van der Waals surface area (Å²) in [4.78, 5) is 36.0. The van der Waals surface area contributed by atoms with Crippen LogP contribution in [0.3, 0.4) is 0 Å². The molecule has 6 fully saturated rings. The number of rotatable bonds is 6. The van der Waals surface area contributed by atoms with Crippen molar-refractivity contribution in [2.24, 2.45) is 0 Å². The van der Waals surface area contributed by atoms with Gasteiger partial charge in [-0.3, -0.25) is 9.76 Å². The van der Waals surface area contributed by atoms with E-state index in [0.29, 0.717) is 48.3 Å². The van der Waals surface area contributed by atoms with Gasteiger partial charge >= 0.3 is 34.5 Å². The van der Waals surface area contributed by atoms with Gasteiger partial charge in [0.2, 0.25) is 11.8 Å². The second-order valence-corrected chi connectivity index (χ2v) is 14.0. The number of hydroxylamine groups is 4. The molecular weight excluding hydrogens is 656 g/mol. The smallest absolute Gasteiger partial charge is 0.406 e. The first-order valence-electron chi connectivity index (χ1n) is 16.0. The summed E-state index contributed by atoms with van der Waals surface area (Å²) in [5.74, 6) is 0.787. The molecule has 6 saturated heterocycles. The molecule has 2 aromatic heterocycles. The predicted molar refractivity (Wildman–Crippen MR) is 162 cm³/mol. The number of nitrogens with zero attached hydrogens (tertiary/aromatic N) is 12. The Labute approximate surface area is 276 Å². The third-order valence-electron chi connectivity index (χ3n) is 9.82. The van der Waals surface area contributed by atoms with E-state index in [-0.39, 0.29) is 24.7 Å². The summed E-state index contributed by atoms with van der Waals surface area (Å²) in [5.41, 5.74) is 0. The molecule has 2 N–H and O–H groups in total. The van der Waals surface area contributed by atoms with E-state index in [2.05, 4.69) is 53.5 Å². The number of hydrogen-bond donors (Lipinski definition) is 2. The minimum absolute atomic E-state index is 0.108. The molecule has 0 saturated carbocycles. The minimum atomic E-state index is -4.76. The van der Waals surface area contributed by atoms with Gasteiger partial charge in [-0.15, -0.1) is 14.5 Å². The van der Waals surface area contributed by atoms with E-state index in [1.54, 1.807) is 4.90 Å². The van der Waals surface area contributed by atoms with Crippen molar-refractivity contribution in [3.63, 3.8) is 0 Å². The highest BCUT2D eigenvalue weighted by Gasteiger charge is 2.49. The van der Waals surface area contributed by atoms with Crippen LogP contribution in [0.2, 0.25) is 0 Å². The topological polar surface area (TPSA) is 222 Å². The Morgan fingerprint density at radius 1 is 0.688 bits per heavy atom. The maximum atomic E-state index is 12.4. The molecule has 2 aromatic rings. The highest BCUT2D eigenvalue weighted by Crippen LogP contribution is 2.39. The Hall–Kier alpha value is -3.83. The quantitative estimate of drug-likeness (QED) is 0.291. The molecular formula is C26H40N12O9S. The van der Waals surface area contributed by atoms with Crippen LogP contribution in [0, 0.1) is 0 Å². The number of carbonyl (C=O) groups is 2. The van der Waals surface area contributed by atoms with Crippen LogP contribution in [0.15, 0.2) is 8.83 Å². The molecule has 264 valence electrons. The van der Waals surface area contributed by atoms with Gasteiger partial charge in [-0.05, 0) is 39.8 Å². The van der Waals surface area contributed by atoms with E-state index in [1.807, 2.05) is 4.90 Å². The monoisotopic (exact) mass is 696 g/mol. The van der Waals surface area contributed by atoms with Crippen molar-refractivity contribution in [3.8, 4) is 0 Å². The Bertz CT molecular complexity index is 1590. The summed E-state index contributed by atoms with van der Waals surface area (Å²) in [6.07, 6.45) is 2.51. The number of carbonyl (C=O) groups excluding carboxylic acids is 2. The zero-order valence-electron chi connectivity index (χ0n) is 26.7. The SMILES string of the molecule is CN1CCN(c2nnc([C@@H]3CC[C@@H]4CN3C(=O)N4O)o2)CC1.CN1CCN(c2nnc([C@@H]3CC[C@@H]4CN3C(=O)N4OS(=O)(=O)O)o2)CC1. The van der Waals surface area contributed by atoms with Gasteiger partial charge in [-0.25, -0.2) is 14.7 Å². The number of urea groups is 2. The lowest BCUT2D eigenvalue weighted by molar-refractivity contribution is -0.0584. The first kappa shape index (κ1) is 32.7. The van der Waals surface area contributed by atoms with E-state index < -0.39 is 28.5 Å². The van der Waals surface area contributed by atoms with Crippen LogP contribution in [0.4, 0.5) is 21.6 Å². The molecule has 0 unspecified atom stereocenters. The molecule has 0 radical (unpaired) electrons. The van der Waals surface area contributed by atoms with Crippen LogP contribution >= 0.6 is 0 Å². The first-order chi connectivity index (χ1) is 22.9. The van der Waals surface area contributed by atoms with E-state index in [4.69, 9.17) is 13.4 Å². The van der Waals surface area contributed by atoms with Gasteiger partial charge in [0.25, 0.3) is 0 Å². The Morgan fingerprint density at radius 2 is 1.15 bits per heavy atom. The second-order valence-electron chi connectivity index (χ2n) is 13.0. The maximum Gasteiger partial charge on any atom is 0.418 e. The molecule has 48 heavy (non-hydrogen) atoms. The molecule has 21 nitrogen and oxygen atoms in total. The van der Waals surface area contributed by atoms with Gasteiger partial charge in [0.15, 0.2) is 0 Å². The minimum Gasteiger partial charge on any atom is -0.406 e. The van der Waals surface area contributed by atoms with Crippen LogP contribution < -0.4 is 9.80 Å². The molecule has 6 aliphatic rings. The van der Waals surface area contributed by atoms with Gasteiger partial charge in [-0.2, -0.15) is 13.5 Å². The molecule has 22 heteroatoms.